The van der Waals surface area contributed by atoms with E-state index in [0.717, 1.165) is 6.07 Å². The lowest BCUT2D eigenvalue weighted by molar-refractivity contribution is -0.175. The maximum Gasteiger partial charge on any atom is 0.411 e. The fourth-order valence-electron chi connectivity index (χ4n) is 1.41. The van der Waals surface area contributed by atoms with E-state index in [1.54, 1.807) is 0 Å². The Morgan fingerprint density at radius 1 is 1.39 bits per heavy atom. The van der Waals surface area contributed by atoms with Crippen molar-refractivity contribution in [1.82, 2.24) is 5.32 Å². The molecule has 0 bridgehead atoms. The van der Waals surface area contributed by atoms with Crippen molar-refractivity contribution in [2.75, 3.05) is 20.3 Å². The summed E-state index contributed by atoms with van der Waals surface area (Å²) in [5.41, 5.74) is 0.212. The lowest BCUT2D eigenvalue weighted by atomic mass is 10.1. The Bertz CT molecular complexity index is 397. The molecule has 0 fully saturated rings. The second kappa shape index (κ2) is 6.36. The average molecular weight is 286 g/mol. The third-order valence-electron chi connectivity index (χ3n) is 2.24. The predicted molar refractivity (Wildman–Crippen MR) is 60.1 cm³/mol. The quantitative estimate of drug-likeness (QED) is 0.838. The van der Waals surface area contributed by atoms with E-state index in [-0.39, 0.29) is 17.2 Å². The summed E-state index contributed by atoms with van der Waals surface area (Å²) in [6, 6.07) is 3.32. The van der Waals surface area contributed by atoms with Crippen molar-refractivity contribution in [3.05, 3.63) is 34.6 Å². The first kappa shape index (κ1) is 15.2. The van der Waals surface area contributed by atoms with Gasteiger partial charge >= 0.3 is 6.18 Å². The highest BCUT2D eigenvalue weighted by Gasteiger charge is 2.28. The maximum atomic E-state index is 13.5. The molecule has 0 radical (unpaired) electrons. The maximum absolute atomic E-state index is 13.5. The van der Waals surface area contributed by atoms with E-state index in [2.05, 4.69) is 10.1 Å². The van der Waals surface area contributed by atoms with Gasteiger partial charge in [-0.2, -0.15) is 13.2 Å². The van der Waals surface area contributed by atoms with Crippen molar-refractivity contribution in [3.8, 4) is 0 Å². The van der Waals surface area contributed by atoms with Crippen molar-refractivity contribution in [2.24, 2.45) is 0 Å². The largest absolute Gasteiger partial charge is 0.411 e. The van der Waals surface area contributed by atoms with Gasteiger partial charge in [-0.25, -0.2) is 4.39 Å². The third kappa shape index (κ3) is 4.80. The van der Waals surface area contributed by atoms with Gasteiger partial charge in [0.05, 0.1) is 12.6 Å². The second-order valence-corrected chi connectivity index (χ2v) is 4.07. The molecule has 102 valence electrons. The van der Waals surface area contributed by atoms with E-state index in [9.17, 15) is 17.6 Å². The molecule has 0 spiro atoms. The molecule has 1 unspecified atom stereocenters. The van der Waals surface area contributed by atoms with Crippen LogP contribution in [0.2, 0.25) is 5.02 Å². The SMILES string of the molecule is CNC(COCC(F)(F)F)c1ccc(Cl)cc1F. The van der Waals surface area contributed by atoms with Crippen LogP contribution in [-0.4, -0.2) is 26.4 Å². The van der Waals surface area contributed by atoms with Gasteiger partial charge in [0.2, 0.25) is 0 Å². The molecule has 0 aliphatic carbocycles. The Morgan fingerprint density at radius 3 is 2.56 bits per heavy atom. The monoisotopic (exact) mass is 285 g/mol. The van der Waals surface area contributed by atoms with Crippen LogP contribution >= 0.6 is 11.6 Å². The minimum Gasteiger partial charge on any atom is -0.370 e. The highest BCUT2D eigenvalue weighted by Crippen LogP contribution is 2.22. The number of hydrogen-bond donors (Lipinski definition) is 1. The molecule has 1 aromatic rings. The third-order valence-corrected chi connectivity index (χ3v) is 2.47. The smallest absolute Gasteiger partial charge is 0.370 e. The molecule has 7 heteroatoms. The topological polar surface area (TPSA) is 21.3 Å². The molecule has 0 aliphatic rings. The Hall–Kier alpha value is -0.850. The number of benzene rings is 1. The number of nitrogens with one attached hydrogen (secondary N) is 1. The zero-order valence-corrected chi connectivity index (χ0v) is 10.3. The zero-order chi connectivity index (χ0) is 13.8. The molecule has 0 amide bonds. The van der Waals surface area contributed by atoms with Crippen LogP contribution in [0.25, 0.3) is 0 Å². The van der Waals surface area contributed by atoms with Crippen molar-refractivity contribution in [2.45, 2.75) is 12.2 Å². The van der Waals surface area contributed by atoms with E-state index >= 15 is 0 Å². The van der Waals surface area contributed by atoms with Crippen LogP contribution in [0.4, 0.5) is 17.6 Å². The van der Waals surface area contributed by atoms with E-state index < -0.39 is 24.6 Å². The number of alkyl halides is 3. The molecule has 1 aromatic carbocycles. The summed E-state index contributed by atoms with van der Waals surface area (Å²) in [4.78, 5) is 0. The van der Waals surface area contributed by atoms with Gasteiger partial charge in [0.25, 0.3) is 0 Å². The molecule has 1 N–H and O–H groups in total. The Labute approximate surface area is 107 Å². The average Bonchev–Trinajstić information content (AvgIpc) is 2.24. The molecular formula is C11H12ClF4NO. The van der Waals surface area contributed by atoms with Gasteiger partial charge in [0.15, 0.2) is 0 Å². The fourth-order valence-corrected chi connectivity index (χ4v) is 1.56. The van der Waals surface area contributed by atoms with Crippen molar-refractivity contribution < 1.29 is 22.3 Å². The standard InChI is InChI=1S/C11H12ClF4NO/c1-17-10(5-18-6-11(14,15)16)8-3-2-7(12)4-9(8)13/h2-4,10,17H,5-6H2,1H3. The summed E-state index contributed by atoms with van der Waals surface area (Å²) in [5.74, 6) is -0.586. The van der Waals surface area contributed by atoms with Gasteiger partial charge in [-0.1, -0.05) is 17.7 Å². The van der Waals surface area contributed by atoms with Crippen LogP contribution in [0.15, 0.2) is 18.2 Å². The molecule has 0 aromatic heterocycles. The highest BCUT2D eigenvalue weighted by atomic mass is 35.5. The molecule has 0 saturated carbocycles. The normalized spacial score (nSPS) is 13.7. The van der Waals surface area contributed by atoms with E-state index in [1.807, 2.05) is 0 Å². The first-order valence-corrected chi connectivity index (χ1v) is 5.48. The summed E-state index contributed by atoms with van der Waals surface area (Å²) in [6.45, 7) is -1.64. The van der Waals surface area contributed by atoms with Gasteiger partial charge < -0.3 is 10.1 Å². The predicted octanol–water partition coefficient (Wildman–Crippen LogP) is 3.32. The fraction of sp³-hybridized carbons (Fsp3) is 0.455. The number of halogens is 5. The highest BCUT2D eigenvalue weighted by molar-refractivity contribution is 6.30. The minimum absolute atomic E-state index is 0.212. The molecule has 0 heterocycles. The molecule has 1 atom stereocenters. The molecule has 0 saturated heterocycles. The first-order valence-electron chi connectivity index (χ1n) is 5.10. The second-order valence-electron chi connectivity index (χ2n) is 3.64. The summed E-state index contributed by atoms with van der Waals surface area (Å²) >= 11 is 5.59. The lowest BCUT2D eigenvalue weighted by Crippen LogP contribution is -2.26. The first-order chi connectivity index (χ1) is 8.33. The summed E-state index contributed by atoms with van der Waals surface area (Å²) in [6.07, 6.45) is -4.39. The Kier molecular flexibility index (Phi) is 5.37. The van der Waals surface area contributed by atoms with Crippen LogP contribution in [-0.2, 0) is 4.74 Å². The number of ether oxygens (including phenoxy) is 1. The summed E-state index contributed by atoms with van der Waals surface area (Å²) in [5, 5.41) is 2.91. The van der Waals surface area contributed by atoms with Crippen LogP contribution in [0.5, 0.6) is 0 Å². The van der Waals surface area contributed by atoms with Gasteiger partial charge in [-0.05, 0) is 19.2 Å². The molecular weight excluding hydrogens is 274 g/mol. The van der Waals surface area contributed by atoms with Crippen LogP contribution in [0, 0.1) is 5.82 Å². The Balaban J connectivity index is 2.66. The zero-order valence-electron chi connectivity index (χ0n) is 9.52. The number of rotatable bonds is 5. The van der Waals surface area contributed by atoms with Crippen LogP contribution in [0.1, 0.15) is 11.6 Å². The van der Waals surface area contributed by atoms with Crippen LogP contribution in [0.3, 0.4) is 0 Å². The van der Waals surface area contributed by atoms with E-state index in [0.29, 0.717) is 0 Å². The molecule has 0 aliphatic heterocycles. The van der Waals surface area contributed by atoms with Crippen molar-refractivity contribution in [3.63, 3.8) is 0 Å². The van der Waals surface area contributed by atoms with Gasteiger partial charge in [-0.15, -0.1) is 0 Å². The lowest BCUT2D eigenvalue weighted by Gasteiger charge is -2.18. The van der Waals surface area contributed by atoms with Crippen molar-refractivity contribution in [1.29, 1.82) is 0 Å². The van der Waals surface area contributed by atoms with E-state index in [4.69, 9.17) is 11.6 Å². The summed E-state index contributed by atoms with van der Waals surface area (Å²) in [7, 11) is 1.51. The molecule has 2 nitrogen and oxygen atoms in total. The van der Waals surface area contributed by atoms with Crippen LogP contribution < -0.4 is 5.32 Å². The van der Waals surface area contributed by atoms with Gasteiger partial charge in [-0.3, -0.25) is 0 Å². The number of hydrogen-bond acceptors (Lipinski definition) is 2. The van der Waals surface area contributed by atoms with E-state index in [1.165, 1.54) is 19.2 Å². The molecule has 1 rings (SSSR count). The van der Waals surface area contributed by atoms with Gasteiger partial charge in [0.1, 0.15) is 12.4 Å². The number of likely N-dealkylation sites (N-methyl/N-ethyl adjacent to an activating group) is 1. The molecule has 18 heavy (non-hydrogen) atoms. The minimum atomic E-state index is -4.39. The summed E-state index contributed by atoms with van der Waals surface area (Å²) < 4.78 is 53.8. The van der Waals surface area contributed by atoms with Gasteiger partial charge in [0, 0.05) is 10.6 Å². The Morgan fingerprint density at radius 2 is 2.06 bits per heavy atom. The van der Waals surface area contributed by atoms with Crippen molar-refractivity contribution >= 4 is 11.6 Å².